The van der Waals surface area contributed by atoms with E-state index < -0.39 is 12.2 Å². The SMILES string of the molecule is CC(=O)N1CCC(CCn2c(Sc3cc4c(cc3C#N)OCO4)nc3c(N)nccc32)CC1.C[C@@H](O)C(=O)N1CCC(CCn2c(Sc3cc4c(cc3C#N)OCO4)nc3c(N)nccc32)CC1.C[C@H](O)C(=O)N1CCC(CCn2c(Sc3cc4c(cc3C#N)OCO4)nc3c(N)nccc32)CC1. The van der Waals surface area contributed by atoms with Crippen molar-refractivity contribution in [2.75, 3.05) is 76.8 Å². The maximum absolute atomic E-state index is 12.1. The number of piperidine rings is 3. The molecule has 3 aromatic carbocycles. The van der Waals surface area contributed by atoms with E-state index in [0.29, 0.717) is 142 Å². The van der Waals surface area contributed by atoms with Gasteiger partial charge >= 0.3 is 0 Å². The first-order valence-electron chi connectivity index (χ1n) is 34.0. The number of pyridine rings is 3. The number of benzene rings is 3. The van der Waals surface area contributed by atoms with Gasteiger partial charge in [0.1, 0.15) is 47.0 Å². The number of likely N-dealkylation sites (tertiary alicyclic amines) is 3. The van der Waals surface area contributed by atoms with Crippen molar-refractivity contribution >= 4 is 104 Å². The van der Waals surface area contributed by atoms with Crippen LogP contribution in [0.25, 0.3) is 33.1 Å². The monoisotopic (exact) mass is 1450 g/mol. The molecule has 3 saturated heterocycles. The molecule has 0 spiro atoms. The number of nitrogens with two attached hydrogens (primary N) is 3. The van der Waals surface area contributed by atoms with Gasteiger partial charge in [0.15, 0.2) is 67.4 Å². The molecule has 8 N–H and O–H groups in total. The van der Waals surface area contributed by atoms with E-state index in [0.717, 1.165) is 124 Å². The highest BCUT2D eigenvalue weighted by atomic mass is 32.2. The van der Waals surface area contributed by atoms with Gasteiger partial charge in [0.05, 0.1) is 33.2 Å². The lowest BCUT2D eigenvalue weighted by Crippen LogP contribution is -2.43. The summed E-state index contributed by atoms with van der Waals surface area (Å²) in [4.78, 5) is 70.2. The summed E-state index contributed by atoms with van der Waals surface area (Å²) in [5.41, 5.74) is 24.5. The van der Waals surface area contributed by atoms with E-state index in [1.165, 1.54) is 49.1 Å². The molecule has 0 unspecified atom stereocenters. The number of amides is 3. The summed E-state index contributed by atoms with van der Waals surface area (Å²) in [7, 11) is 0. The van der Waals surface area contributed by atoms with E-state index >= 15 is 0 Å². The van der Waals surface area contributed by atoms with E-state index in [9.17, 15) is 40.4 Å². The second-order valence-electron chi connectivity index (χ2n) is 25.8. The van der Waals surface area contributed by atoms with Crippen molar-refractivity contribution in [3.63, 3.8) is 0 Å². The Hall–Kier alpha value is -10.4. The largest absolute Gasteiger partial charge is 0.454 e. The molecule has 3 amide bonds. The Morgan fingerprint density at radius 3 is 1.01 bits per heavy atom. The van der Waals surface area contributed by atoms with Crippen molar-refractivity contribution in [1.82, 2.24) is 58.3 Å². The molecule has 534 valence electrons. The van der Waals surface area contributed by atoms with E-state index in [-0.39, 0.29) is 38.1 Å². The maximum Gasteiger partial charge on any atom is 0.251 e. The molecule has 6 aliphatic heterocycles. The highest BCUT2D eigenvalue weighted by molar-refractivity contribution is 7.99. The molecule has 12 heterocycles. The number of nitriles is 3. The summed E-state index contributed by atoms with van der Waals surface area (Å²) in [6.07, 6.45) is 11.4. The molecule has 15 rings (SSSR count). The number of hydrogen-bond acceptors (Lipinski definition) is 26. The number of aliphatic hydroxyl groups excluding tert-OH is 2. The van der Waals surface area contributed by atoms with E-state index in [1.807, 2.05) is 41.3 Å². The smallest absolute Gasteiger partial charge is 0.251 e. The van der Waals surface area contributed by atoms with Gasteiger partial charge in [-0.15, -0.1) is 0 Å². The molecule has 0 aliphatic carbocycles. The van der Waals surface area contributed by atoms with Gasteiger partial charge in [-0.3, -0.25) is 14.4 Å². The topological polar surface area (TPSA) is 398 Å². The Kier molecular flexibility index (Phi) is 21.7. The van der Waals surface area contributed by atoms with E-state index in [1.54, 1.807) is 53.5 Å². The Balaban J connectivity index is 0.000000138. The highest BCUT2D eigenvalue weighted by Crippen LogP contribution is 2.45. The van der Waals surface area contributed by atoms with Crippen molar-refractivity contribution in [2.24, 2.45) is 17.8 Å². The molecule has 103 heavy (non-hydrogen) atoms. The minimum absolute atomic E-state index is 0.136. The molecular weight excluding hydrogens is 1380 g/mol. The van der Waals surface area contributed by atoms with Gasteiger partial charge in [-0.2, -0.15) is 15.8 Å². The third kappa shape index (κ3) is 15.7. The average Bonchev–Trinajstić information content (AvgIpc) is 1.65. The number of carbonyl (C=O) groups excluding carboxylic acids is 3. The summed E-state index contributed by atoms with van der Waals surface area (Å²) >= 11 is 4.19. The first kappa shape index (κ1) is 71.0. The Morgan fingerprint density at radius 1 is 0.476 bits per heavy atom. The Morgan fingerprint density at radius 2 is 0.748 bits per heavy atom. The molecule has 2 atom stereocenters. The second-order valence-corrected chi connectivity index (χ2v) is 28.8. The van der Waals surface area contributed by atoms with Crippen LogP contribution in [0.4, 0.5) is 17.5 Å². The fourth-order valence-electron chi connectivity index (χ4n) is 13.5. The number of aromatic nitrogens is 9. The van der Waals surface area contributed by atoms with Crippen LogP contribution in [0, 0.1) is 51.7 Å². The zero-order valence-electron chi connectivity index (χ0n) is 56.9. The summed E-state index contributed by atoms with van der Waals surface area (Å²) < 4.78 is 39.1. The molecule has 32 heteroatoms. The van der Waals surface area contributed by atoms with Crippen molar-refractivity contribution in [3.05, 3.63) is 89.9 Å². The third-order valence-corrected chi connectivity index (χ3v) is 22.4. The summed E-state index contributed by atoms with van der Waals surface area (Å²) in [6, 6.07) is 23.0. The number of imidazole rings is 3. The number of aryl methyl sites for hydroxylation is 3. The van der Waals surface area contributed by atoms with Crippen molar-refractivity contribution in [3.8, 4) is 52.7 Å². The number of hydrogen-bond donors (Lipinski definition) is 5. The van der Waals surface area contributed by atoms with E-state index in [2.05, 4.69) is 46.9 Å². The van der Waals surface area contributed by atoms with Gasteiger partial charge in [0.25, 0.3) is 11.8 Å². The number of nitrogen functional groups attached to an aromatic ring is 3. The van der Waals surface area contributed by atoms with E-state index in [4.69, 9.17) is 60.6 Å². The van der Waals surface area contributed by atoms with Crippen LogP contribution in [0.15, 0.2) is 103 Å². The van der Waals surface area contributed by atoms with Crippen molar-refractivity contribution in [2.45, 2.75) is 141 Å². The highest BCUT2D eigenvalue weighted by Gasteiger charge is 2.31. The van der Waals surface area contributed by atoms with Gasteiger partial charge in [0.2, 0.25) is 26.3 Å². The molecule has 0 bridgehead atoms. The number of carbonyl (C=O) groups is 3. The van der Waals surface area contributed by atoms with Crippen LogP contribution in [0.2, 0.25) is 0 Å². The van der Waals surface area contributed by atoms with Crippen LogP contribution < -0.4 is 45.6 Å². The first-order chi connectivity index (χ1) is 49.9. The molecule has 0 radical (unpaired) electrons. The molecule has 29 nitrogen and oxygen atoms in total. The lowest BCUT2D eigenvalue weighted by Gasteiger charge is -2.32. The van der Waals surface area contributed by atoms with Crippen LogP contribution in [0.3, 0.4) is 0 Å². The molecule has 3 fully saturated rings. The lowest BCUT2D eigenvalue weighted by atomic mass is 9.93. The zero-order chi connectivity index (χ0) is 72.0. The second kappa shape index (κ2) is 31.4. The molecule has 6 aliphatic rings. The van der Waals surface area contributed by atoms with Gasteiger partial charge in [-0.1, -0.05) is 35.3 Å². The molecular formula is C71H76N18O11S3. The Bertz CT molecular complexity index is 4630. The molecule has 6 aromatic heterocycles. The summed E-state index contributed by atoms with van der Waals surface area (Å²) in [6.45, 7) is 11.5. The third-order valence-electron chi connectivity index (χ3n) is 19.3. The number of ether oxygens (including phenoxy) is 6. The summed E-state index contributed by atoms with van der Waals surface area (Å²) in [5.74, 6) is 5.81. The van der Waals surface area contributed by atoms with Crippen molar-refractivity contribution < 1.29 is 53.0 Å². The van der Waals surface area contributed by atoms with Crippen LogP contribution >= 0.6 is 35.3 Å². The number of fused-ring (bicyclic) bond motifs is 6. The number of rotatable bonds is 17. The average molecular weight is 1450 g/mol. The fraction of sp³-hybridized carbons (Fsp3) is 0.408. The van der Waals surface area contributed by atoms with Crippen LogP contribution in [-0.4, -0.2) is 158 Å². The van der Waals surface area contributed by atoms with Crippen LogP contribution in [-0.2, 0) is 34.0 Å². The zero-order valence-corrected chi connectivity index (χ0v) is 59.3. The summed E-state index contributed by atoms with van der Waals surface area (Å²) in [5, 5.41) is 50.4. The number of nitrogens with zero attached hydrogens (tertiary/aromatic N) is 15. The van der Waals surface area contributed by atoms with Gasteiger partial charge < -0.3 is 84.2 Å². The first-order valence-corrected chi connectivity index (χ1v) is 36.4. The quantitative estimate of drug-likeness (QED) is 0.0567. The Labute approximate surface area is 605 Å². The fourth-order valence-corrected chi connectivity index (χ4v) is 16.5. The number of anilines is 3. The van der Waals surface area contributed by atoms with Crippen LogP contribution in [0.1, 0.15) is 95.2 Å². The normalized spacial score (nSPS) is 16.2. The van der Waals surface area contributed by atoms with Crippen molar-refractivity contribution in [1.29, 1.82) is 15.8 Å². The predicted molar refractivity (Wildman–Crippen MR) is 381 cm³/mol. The maximum atomic E-state index is 12.1. The van der Waals surface area contributed by atoms with Crippen LogP contribution in [0.5, 0.6) is 34.5 Å². The molecule has 9 aromatic rings. The standard InChI is InChI=1S/2C24H26N6O4S.C23H24N6O3S/c2*1-14(31)23(32)29-7-3-15(4-8-29)5-9-30-17-2-6-27-22(26)21(17)28-24(30)35-20-11-19-18(33-13-34-19)10-16(20)12-25;1-14(30)28-7-3-15(4-8-28)5-9-29-17-2-6-26-22(25)21(17)27-23(29)33-20-11-19-18(31-13-32-19)10-16(20)12-24/h2*2,6,10-11,14-15,31H,3-5,7-9,13H2,1H3,(H2,26,27);2,6,10-11,15H,3-5,7-9,13H2,1H3,(H2,25,26)/t2*14-;/m10./s1. The molecule has 0 saturated carbocycles. The van der Waals surface area contributed by atoms with Gasteiger partial charge in [-0.25, -0.2) is 29.9 Å². The minimum atomic E-state index is -0.961. The predicted octanol–water partition coefficient (Wildman–Crippen LogP) is 8.96. The lowest BCUT2D eigenvalue weighted by molar-refractivity contribution is -0.141. The van der Waals surface area contributed by atoms with Gasteiger partial charge in [0, 0.05) is 117 Å². The minimum Gasteiger partial charge on any atom is -0.454 e. The van der Waals surface area contributed by atoms with Gasteiger partial charge in [-0.05, 0) is 126 Å². The number of aliphatic hydroxyl groups is 2.